The van der Waals surface area contributed by atoms with Crippen molar-refractivity contribution in [3.8, 4) is 0 Å². The molecule has 30 heavy (non-hydrogen) atoms. The number of benzene rings is 1. The number of nitrogens with one attached hydrogen (secondary N) is 1. The van der Waals surface area contributed by atoms with Gasteiger partial charge in [-0.1, -0.05) is 12.1 Å². The minimum absolute atomic E-state index is 0.00669. The Morgan fingerprint density at radius 2 is 1.60 bits per heavy atom. The summed E-state index contributed by atoms with van der Waals surface area (Å²) in [4.78, 5) is 40.6. The van der Waals surface area contributed by atoms with Gasteiger partial charge in [0.05, 0.1) is 37.0 Å². The number of hydrogen-bond acceptors (Lipinski definition) is 5. The third kappa shape index (κ3) is 4.43. The van der Waals surface area contributed by atoms with Crippen LogP contribution in [0.4, 0.5) is 11.4 Å². The Bertz CT molecular complexity index is 991. The van der Waals surface area contributed by atoms with Crippen molar-refractivity contribution in [3.63, 3.8) is 0 Å². The third-order valence-corrected chi connectivity index (χ3v) is 4.83. The van der Waals surface area contributed by atoms with Crippen molar-refractivity contribution >= 4 is 29.1 Å². The van der Waals surface area contributed by atoms with Crippen molar-refractivity contribution in [1.29, 1.82) is 0 Å². The molecule has 0 saturated carbocycles. The molecule has 0 spiro atoms. The van der Waals surface area contributed by atoms with Gasteiger partial charge in [-0.05, 0) is 36.4 Å². The second-order valence-electron chi connectivity index (χ2n) is 6.95. The van der Waals surface area contributed by atoms with E-state index in [1.807, 2.05) is 0 Å². The molecule has 0 atom stereocenters. The van der Waals surface area contributed by atoms with Crippen LogP contribution in [0.25, 0.3) is 0 Å². The maximum absolute atomic E-state index is 12.9. The van der Waals surface area contributed by atoms with E-state index in [4.69, 9.17) is 8.83 Å². The largest absolute Gasteiger partial charge is 0.467 e. The Morgan fingerprint density at radius 3 is 2.23 bits per heavy atom. The monoisotopic (exact) mass is 407 g/mol. The third-order valence-electron chi connectivity index (χ3n) is 4.83. The molecule has 154 valence electrons. The number of carbonyl (C=O) groups is 3. The summed E-state index contributed by atoms with van der Waals surface area (Å²) >= 11 is 0. The molecule has 0 saturated heterocycles. The highest BCUT2D eigenvalue weighted by atomic mass is 16.3. The first-order valence-electron chi connectivity index (χ1n) is 9.62. The van der Waals surface area contributed by atoms with Gasteiger partial charge in [0.2, 0.25) is 17.7 Å². The van der Waals surface area contributed by atoms with E-state index >= 15 is 0 Å². The summed E-state index contributed by atoms with van der Waals surface area (Å²) in [5.41, 5.74) is 1.23. The lowest BCUT2D eigenvalue weighted by atomic mass is 10.1. The quantitative estimate of drug-likeness (QED) is 0.649. The van der Waals surface area contributed by atoms with Crippen LogP contribution >= 0.6 is 0 Å². The van der Waals surface area contributed by atoms with Crippen molar-refractivity contribution in [2.24, 2.45) is 0 Å². The van der Waals surface area contributed by atoms with E-state index in [0.717, 1.165) is 0 Å². The van der Waals surface area contributed by atoms with E-state index in [2.05, 4.69) is 5.32 Å². The number of para-hydroxylation sites is 2. The molecule has 3 heterocycles. The van der Waals surface area contributed by atoms with E-state index in [-0.39, 0.29) is 50.2 Å². The van der Waals surface area contributed by atoms with Gasteiger partial charge in [0, 0.05) is 12.8 Å². The fourth-order valence-corrected chi connectivity index (χ4v) is 3.38. The first-order valence-corrected chi connectivity index (χ1v) is 9.62. The van der Waals surface area contributed by atoms with Crippen LogP contribution in [0.15, 0.2) is 69.9 Å². The summed E-state index contributed by atoms with van der Waals surface area (Å²) < 4.78 is 10.7. The highest BCUT2D eigenvalue weighted by Gasteiger charge is 2.27. The Labute approximate surface area is 173 Å². The minimum Gasteiger partial charge on any atom is -0.467 e. The van der Waals surface area contributed by atoms with Crippen LogP contribution in [-0.2, 0) is 27.5 Å². The van der Waals surface area contributed by atoms with Gasteiger partial charge in [-0.3, -0.25) is 14.4 Å². The Kier molecular flexibility index (Phi) is 5.65. The van der Waals surface area contributed by atoms with Crippen molar-refractivity contribution in [3.05, 3.63) is 72.6 Å². The number of anilines is 2. The van der Waals surface area contributed by atoms with Gasteiger partial charge in [0.15, 0.2) is 0 Å². The number of hydrogen-bond donors (Lipinski definition) is 1. The zero-order valence-corrected chi connectivity index (χ0v) is 16.2. The van der Waals surface area contributed by atoms with E-state index in [1.54, 1.807) is 66.0 Å². The maximum atomic E-state index is 12.9. The van der Waals surface area contributed by atoms with E-state index in [0.29, 0.717) is 22.9 Å². The van der Waals surface area contributed by atoms with Crippen molar-refractivity contribution in [1.82, 2.24) is 4.90 Å². The van der Waals surface area contributed by atoms with Crippen molar-refractivity contribution in [2.75, 3.05) is 16.8 Å². The van der Waals surface area contributed by atoms with Crippen LogP contribution in [0.1, 0.15) is 24.4 Å². The molecule has 0 aliphatic carbocycles. The molecule has 0 radical (unpaired) electrons. The zero-order chi connectivity index (χ0) is 20.9. The first kappa shape index (κ1) is 19.5. The molecule has 1 N–H and O–H groups in total. The van der Waals surface area contributed by atoms with Crippen LogP contribution in [0.5, 0.6) is 0 Å². The molecule has 4 rings (SSSR count). The summed E-state index contributed by atoms with van der Waals surface area (Å²) in [6.45, 7) is 0.484. The van der Waals surface area contributed by atoms with Crippen molar-refractivity contribution < 1.29 is 23.2 Å². The van der Waals surface area contributed by atoms with Gasteiger partial charge >= 0.3 is 0 Å². The lowest BCUT2D eigenvalue weighted by Gasteiger charge is -2.29. The fraction of sp³-hybridized carbons (Fsp3) is 0.227. The zero-order valence-electron chi connectivity index (χ0n) is 16.2. The number of rotatable bonds is 7. The maximum Gasteiger partial charge on any atom is 0.244 e. The molecule has 0 unspecified atom stereocenters. The highest BCUT2D eigenvalue weighted by Crippen LogP contribution is 2.29. The molecule has 1 aliphatic heterocycles. The van der Waals surface area contributed by atoms with Gasteiger partial charge in [0.1, 0.15) is 18.1 Å². The summed E-state index contributed by atoms with van der Waals surface area (Å²) in [6, 6.07) is 14.2. The summed E-state index contributed by atoms with van der Waals surface area (Å²) in [7, 11) is 0. The van der Waals surface area contributed by atoms with Crippen LogP contribution in [0.3, 0.4) is 0 Å². The Hall–Kier alpha value is -3.81. The molecule has 8 heteroatoms. The predicted molar refractivity (Wildman–Crippen MR) is 108 cm³/mol. The molecule has 3 aromatic rings. The van der Waals surface area contributed by atoms with Crippen LogP contribution in [-0.4, -0.2) is 29.2 Å². The lowest BCUT2D eigenvalue weighted by Crippen LogP contribution is -2.42. The smallest absolute Gasteiger partial charge is 0.244 e. The lowest BCUT2D eigenvalue weighted by molar-refractivity contribution is -0.134. The molecule has 0 bridgehead atoms. The first-order chi connectivity index (χ1) is 14.6. The molecule has 2 aromatic heterocycles. The molecule has 1 aliphatic rings. The van der Waals surface area contributed by atoms with Crippen molar-refractivity contribution in [2.45, 2.75) is 25.9 Å². The average molecular weight is 407 g/mol. The second-order valence-corrected chi connectivity index (χ2v) is 6.95. The van der Waals surface area contributed by atoms with Gasteiger partial charge in [-0.2, -0.15) is 0 Å². The van der Waals surface area contributed by atoms with Crippen LogP contribution < -0.4 is 10.2 Å². The fourth-order valence-electron chi connectivity index (χ4n) is 3.38. The van der Waals surface area contributed by atoms with Crippen LogP contribution in [0.2, 0.25) is 0 Å². The number of fused-ring (bicyclic) bond motifs is 1. The van der Waals surface area contributed by atoms with Gasteiger partial charge in [-0.25, -0.2) is 0 Å². The van der Waals surface area contributed by atoms with Gasteiger partial charge in [0.25, 0.3) is 0 Å². The summed E-state index contributed by atoms with van der Waals surface area (Å²) in [5.74, 6) is 0.545. The summed E-state index contributed by atoms with van der Waals surface area (Å²) in [5, 5.41) is 2.75. The van der Waals surface area contributed by atoms with Crippen LogP contribution in [0, 0.1) is 0 Å². The molecule has 1 aromatic carbocycles. The van der Waals surface area contributed by atoms with E-state index < -0.39 is 0 Å². The number of amides is 3. The number of carbonyl (C=O) groups excluding carboxylic acids is 3. The predicted octanol–water partition coefficient (Wildman–Crippen LogP) is 3.17. The average Bonchev–Trinajstić information content (AvgIpc) is 3.45. The molecule has 0 fully saturated rings. The Balaban J connectivity index is 1.42. The SMILES string of the molecule is O=C1CN(C(=O)CCC(=O)N(Cc2ccco2)Cc2ccco2)c2ccccc2N1. The summed E-state index contributed by atoms with van der Waals surface area (Å²) in [6.07, 6.45) is 3.11. The number of furan rings is 2. The van der Waals surface area contributed by atoms with E-state index in [9.17, 15) is 14.4 Å². The van der Waals surface area contributed by atoms with E-state index in [1.165, 1.54) is 4.90 Å². The number of nitrogens with zero attached hydrogens (tertiary/aromatic N) is 2. The normalized spacial score (nSPS) is 12.9. The molecular weight excluding hydrogens is 386 g/mol. The topological polar surface area (TPSA) is 96.0 Å². The molecule has 3 amide bonds. The van der Waals surface area contributed by atoms with Gasteiger partial charge in [-0.15, -0.1) is 0 Å². The second kappa shape index (κ2) is 8.69. The Morgan fingerprint density at radius 1 is 0.933 bits per heavy atom. The van der Waals surface area contributed by atoms with Gasteiger partial charge < -0.3 is 24.0 Å². The highest BCUT2D eigenvalue weighted by molar-refractivity contribution is 6.10. The molecule has 8 nitrogen and oxygen atoms in total. The standard InChI is InChI=1S/C22H21N3O5/c26-20-15-25(19-8-2-1-7-18(19)23-20)22(28)10-9-21(27)24(13-16-5-3-11-29-16)14-17-6-4-12-30-17/h1-8,11-12H,9-10,13-15H2,(H,23,26). The molecular formula is C22H21N3O5. The minimum atomic E-state index is -0.276.